The Kier molecular flexibility index (Phi) is 7.20. The Morgan fingerprint density at radius 1 is 1.22 bits per heavy atom. The summed E-state index contributed by atoms with van der Waals surface area (Å²) in [5.74, 6) is 0.985. The highest BCUT2D eigenvalue weighted by Gasteiger charge is 2.22. The molecule has 0 atom stereocenters. The molecule has 1 aromatic rings. The molecule has 126 valence electrons. The summed E-state index contributed by atoms with van der Waals surface area (Å²) in [6.07, 6.45) is 2.59. The highest BCUT2D eigenvalue weighted by atomic mass is 35.5. The molecular weight excluding hydrogens is 334 g/mol. The second kappa shape index (κ2) is 9.15. The zero-order valence-electron chi connectivity index (χ0n) is 13.3. The van der Waals surface area contributed by atoms with E-state index in [9.17, 15) is 9.59 Å². The quantitative estimate of drug-likeness (QED) is 0.849. The van der Waals surface area contributed by atoms with E-state index in [1.807, 2.05) is 23.3 Å². The molecular formula is C16H22ClN3O2S. The van der Waals surface area contributed by atoms with Crippen LogP contribution in [0.25, 0.3) is 0 Å². The summed E-state index contributed by atoms with van der Waals surface area (Å²) >= 11 is 7.72. The molecule has 0 aliphatic carbocycles. The van der Waals surface area contributed by atoms with Crippen LogP contribution in [-0.4, -0.2) is 66.3 Å². The first-order valence-corrected chi connectivity index (χ1v) is 9.41. The lowest BCUT2D eigenvalue weighted by atomic mass is 10.2. The summed E-state index contributed by atoms with van der Waals surface area (Å²) in [6.45, 7) is 3.14. The number of hydrogen-bond acceptors (Lipinski definition) is 4. The van der Waals surface area contributed by atoms with Crippen molar-refractivity contribution >= 4 is 40.9 Å². The smallest absolute Gasteiger partial charge is 0.238 e. The number of piperazine rings is 1. The fourth-order valence-electron chi connectivity index (χ4n) is 2.46. The van der Waals surface area contributed by atoms with Gasteiger partial charge in [0.1, 0.15) is 0 Å². The van der Waals surface area contributed by atoms with E-state index in [0.29, 0.717) is 36.8 Å². The number of hydrogen-bond donors (Lipinski definition) is 1. The molecule has 1 aliphatic rings. The molecule has 1 fully saturated rings. The lowest BCUT2D eigenvalue weighted by Crippen LogP contribution is -2.50. The van der Waals surface area contributed by atoms with E-state index in [2.05, 4.69) is 10.2 Å². The number of amides is 2. The number of halogens is 1. The molecule has 0 radical (unpaired) electrons. The number of anilines is 1. The summed E-state index contributed by atoms with van der Waals surface area (Å²) in [4.78, 5) is 28.0. The number of nitrogens with one attached hydrogen (secondary N) is 1. The van der Waals surface area contributed by atoms with Gasteiger partial charge >= 0.3 is 0 Å². The minimum Gasteiger partial charge on any atom is -0.340 e. The van der Waals surface area contributed by atoms with Crippen LogP contribution in [-0.2, 0) is 9.59 Å². The number of carbonyl (C=O) groups is 2. The van der Waals surface area contributed by atoms with Crippen LogP contribution in [0.5, 0.6) is 0 Å². The van der Waals surface area contributed by atoms with Gasteiger partial charge in [-0.05, 0) is 18.4 Å². The standard InChI is InChI=1S/C16H22ClN3O2S/c1-23-11-6-16(22)20-9-7-19(8-10-20)12-15(21)18-14-5-3-2-4-13(14)17/h2-5H,6-12H2,1H3,(H,18,21). The first kappa shape index (κ1) is 18.1. The van der Waals surface area contributed by atoms with Crippen molar-refractivity contribution in [1.82, 2.24) is 9.80 Å². The highest BCUT2D eigenvalue weighted by Crippen LogP contribution is 2.20. The maximum absolute atomic E-state index is 12.1. The number of benzene rings is 1. The zero-order valence-corrected chi connectivity index (χ0v) is 14.8. The minimum absolute atomic E-state index is 0.0831. The van der Waals surface area contributed by atoms with Crippen molar-refractivity contribution in [3.63, 3.8) is 0 Å². The van der Waals surface area contributed by atoms with Crippen LogP contribution < -0.4 is 5.32 Å². The normalized spacial score (nSPS) is 15.5. The molecule has 1 N–H and O–H groups in total. The van der Waals surface area contributed by atoms with Crippen LogP contribution in [0.3, 0.4) is 0 Å². The van der Waals surface area contributed by atoms with Crippen molar-refractivity contribution in [1.29, 1.82) is 0 Å². The van der Waals surface area contributed by atoms with Crippen LogP contribution >= 0.6 is 23.4 Å². The second-order valence-electron chi connectivity index (χ2n) is 5.43. The molecule has 1 heterocycles. The molecule has 0 unspecified atom stereocenters. The van der Waals surface area contributed by atoms with Gasteiger partial charge in [-0.25, -0.2) is 0 Å². The van der Waals surface area contributed by atoms with E-state index in [-0.39, 0.29) is 11.8 Å². The van der Waals surface area contributed by atoms with Gasteiger partial charge in [0.05, 0.1) is 17.3 Å². The number of nitrogens with zero attached hydrogens (tertiary/aromatic N) is 2. The molecule has 1 saturated heterocycles. The molecule has 7 heteroatoms. The maximum Gasteiger partial charge on any atom is 0.238 e. The van der Waals surface area contributed by atoms with E-state index in [4.69, 9.17) is 11.6 Å². The van der Waals surface area contributed by atoms with Crippen LogP contribution in [0.4, 0.5) is 5.69 Å². The van der Waals surface area contributed by atoms with E-state index in [1.165, 1.54) is 0 Å². The Labute approximate surface area is 146 Å². The van der Waals surface area contributed by atoms with Gasteiger partial charge in [0.25, 0.3) is 0 Å². The fraction of sp³-hybridized carbons (Fsp3) is 0.500. The van der Waals surface area contributed by atoms with E-state index in [0.717, 1.165) is 18.8 Å². The molecule has 0 aromatic heterocycles. The molecule has 0 spiro atoms. The van der Waals surface area contributed by atoms with E-state index in [1.54, 1.807) is 23.9 Å². The molecule has 1 aliphatic heterocycles. The fourth-order valence-corrected chi connectivity index (χ4v) is 3.02. The van der Waals surface area contributed by atoms with Gasteiger partial charge in [0, 0.05) is 38.4 Å². The third-order valence-electron chi connectivity index (χ3n) is 3.76. The largest absolute Gasteiger partial charge is 0.340 e. The topological polar surface area (TPSA) is 52.7 Å². The summed E-state index contributed by atoms with van der Waals surface area (Å²) < 4.78 is 0. The molecule has 0 saturated carbocycles. The van der Waals surface area contributed by atoms with Crippen molar-refractivity contribution in [2.75, 3.05) is 50.0 Å². The molecule has 0 bridgehead atoms. The van der Waals surface area contributed by atoms with E-state index < -0.39 is 0 Å². The monoisotopic (exact) mass is 355 g/mol. The van der Waals surface area contributed by atoms with Crippen molar-refractivity contribution in [2.24, 2.45) is 0 Å². The SMILES string of the molecule is CSCCC(=O)N1CCN(CC(=O)Nc2ccccc2Cl)CC1. The minimum atomic E-state index is -0.0831. The maximum atomic E-state index is 12.1. The third kappa shape index (κ3) is 5.71. The van der Waals surface area contributed by atoms with Crippen LogP contribution in [0.1, 0.15) is 6.42 Å². The number of para-hydroxylation sites is 1. The van der Waals surface area contributed by atoms with Gasteiger partial charge in [-0.1, -0.05) is 23.7 Å². The number of rotatable bonds is 6. The van der Waals surface area contributed by atoms with Gasteiger partial charge in [0.15, 0.2) is 0 Å². The first-order chi connectivity index (χ1) is 11.1. The first-order valence-electron chi connectivity index (χ1n) is 7.63. The lowest BCUT2D eigenvalue weighted by Gasteiger charge is -2.34. The lowest BCUT2D eigenvalue weighted by molar-refractivity contribution is -0.132. The molecule has 2 amide bonds. The molecule has 5 nitrogen and oxygen atoms in total. The molecule has 2 rings (SSSR count). The summed E-state index contributed by atoms with van der Waals surface area (Å²) in [6, 6.07) is 7.18. The summed E-state index contributed by atoms with van der Waals surface area (Å²) in [5, 5.41) is 3.36. The van der Waals surface area contributed by atoms with Gasteiger partial charge < -0.3 is 10.2 Å². The summed E-state index contributed by atoms with van der Waals surface area (Å²) in [7, 11) is 0. The van der Waals surface area contributed by atoms with Crippen LogP contribution in [0.2, 0.25) is 5.02 Å². The average Bonchev–Trinajstić information content (AvgIpc) is 2.55. The van der Waals surface area contributed by atoms with Crippen molar-refractivity contribution < 1.29 is 9.59 Å². The Bertz CT molecular complexity index is 548. The van der Waals surface area contributed by atoms with E-state index >= 15 is 0 Å². The number of thioether (sulfide) groups is 1. The van der Waals surface area contributed by atoms with Gasteiger partial charge in [-0.3, -0.25) is 14.5 Å². The van der Waals surface area contributed by atoms with Crippen molar-refractivity contribution in [2.45, 2.75) is 6.42 Å². The van der Waals surface area contributed by atoms with Crippen LogP contribution in [0, 0.1) is 0 Å². The van der Waals surface area contributed by atoms with Gasteiger partial charge in [0.2, 0.25) is 11.8 Å². The zero-order chi connectivity index (χ0) is 16.7. The molecule has 1 aromatic carbocycles. The summed E-state index contributed by atoms with van der Waals surface area (Å²) in [5.41, 5.74) is 0.630. The average molecular weight is 356 g/mol. The Morgan fingerprint density at radius 3 is 2.57 bits per heavy atom. The Balaban J connectivity index is 1.74. The Morgan fingerprint density at radius 2 is 1.91 bits per heavy atom. The predicted molar refractivity (Wildman–Crippen MR) is 96.1 cm³/mol. The third-order valence-corrected chi connectivity index (χ3v) is 4.70. The van der Waals surface area contributed by atoms with Gasteiger partial charge in [-0.15, -0.1) is 0 Å². The second-order valence-corrected chi connectivity index (χ2v) is 6.82. The van der Waals surface area contributed by atoms with Gasteiger partial charge in [-0.2, -0.15) is 11.8 Å². The number of carbonyl (C=O) groups excluding carboxylic acids is 2. The Hall–Kier alpha value is -1.24. The van der Waals surface area contributed by atoms with Crippen molar-refractivity contribution in [3.8, 4) is 0 Å². The molecule has 23 heavy (non-hydrogen) atoms. The predicted octanol–water partition coefficient (Wildman–Crippen LogP) is 2.18. The highest BCUT2D eigenvalue weighted by molar-refractivity contribution is 7.98. The van der Waals surface area contributed by atoms with Crippen molar-refractivity contribution in [3.05, 3.63) is 29.3 Å². The van der Waals surface area contributed by atoms with Crippen LogP contribution in [0.15, 0.2) is 24.3 Å².